The van der Waals surface area contributed by atoms with E-state index in [0.717, 1.165) is 116 Å². The number of hydrogen-bond donors (Lipinski definition) is 2. The predicted octanol–water partition coefficient (Wildman–Crippen LogP) is 18.8. The maximum Gasteiger partial charge on any atom is 0.176 e. The van der Waals surface area contributed by atoms with Crippen LogP contribution in [0.5, 0.6) is 0 Å². The molecule has 0 radical (unpaired) electrons. The summed E-state index contributed by atoms with van der Waals surface area (Å²) in [7, 11) is -3.58. The van der Waals surface area contributed by atoms with Gasteiger partial charge in [-0.1, -0.05) is 228 Å². The Balaban J connectivity index is 1.35. The molecule has 0 saturated heterocycles. The molecule has 406 valence electrons. The van der Waals surface area contributed by atoms with E-state index in [1.807, 2.05) is 12.1 Å². The molecule has 0 aliphatic carbocycles. The van der Waals surface area contributed by atoms with Gasteiger partial charge in [0, 0.05) is 55.0 Å². The fourth-order valence-corrected chi connectivity index (χ4v) is 15.6. The molecule has 3 aromatic heterocycles. The van der Waals surface area contributed by atoms with E-state index in [1.54, 1.807) is 0 Å². The Bertz CT molecular complexity index is 4160. The minimum Gasteiger partial charge on any atom is -0.354 e. The Morgan fingerprint density at radius 2 is 0.750 bits per heavy atom. The molecule has 0 spiro atoms. The Morgan fingerprint density at radius 1 is 0.375 bits per heavy atom. The summed E-state index contributed by atoms with van der Waals surface area (Å²) in [6, 6.07) is 45.1. The van der Waals surface area contributed by atoms with Crippen LogP contribution in [0.2, 0.25) is 0 Å². The van der Waals surface area contributed by atoms with Gasteiger partial charge in [0.2, 0.25) is 0 Å². The molecule has 4 aliphatic heterocycles. The van der Waals surface area contributed by atoms with E-state index in [2.05, 4.69) is 262 Å². The van der Waals surface area contributed by atoms with Crippen LogP contribution in [0.15, 0.2) is 121 Å². The van der Waals surface area contributed by atoms with Crippen molar-refractivity contribution >= 4 is 68.9 Å². The van der Waals surface area contributed by atoms with E-state index in [-0.39, 0.29) is 32.5 Å². The molecule has 7 heterocycles. The summed E-state index contributed by atoms with van der Waals surface area (Å²) < 4.78 is 17.2. The molecule has 12 rings (SSSR count). The first-order valence-corrected chi connectivity index (χ1v) is 30.5. The molecule has 0 amide bonds. The van der Waals surface area contributed by atoms with Gasteiger partial charge in [-0.05, 0) is 130 Å². The molecule has 0 saturated carbocycles. The molecule has 8 bridgehead atoms. The van der Waals surface area contributed by atoms with Crippen molar-refractivity contribution in [2.45, 2.75) is 157 Å². The molecule has 1 unspecified atom stereocenters. The Kier molecular flexibility index (Phi) is 11.9. The lowest BCUT2D eigenvalue weighted by atomic mass is 9.78. The molecule has 1 atom stereocenters. The molecule has 6 heteroatoms. The average molecular weight is 1070 g/mol. The minimum absolute atomic E-state index is 0.125. The van der Waals surface area contributed by atoms with E-state index in [1.165, 1.54) is 33.4 Å². The van der Waals surface area contributed by atoms with Crippen LogP contribution < -0.4 is 15.9 Å². The van der Waals surface area contributed by atoms with Gasteiger partial charge in [-0.15, -0.1) is 0 Å². The van der Waals surface area contributed by atoms with Crippen LogP contribution >= 0.6 is 7.14 Å². The molecular weight excluding hydrogens is 992 g/mol. The summed E-state index contributed by atoms with van der Waals surface area (Å²) in [5.74, 6) is 0. The summed E-state index contributed by atoms with van der Waals surface area (Å²) in [5.41, 5.74) is 23.9. The van der Waals surface area contributed by atoms with Crippen molar-refractivity contribution in [2.24, 2.45) is 0 Å². The number of fused-ring (bicyclic) bond motifs is 12. The number of aromatic amines is 2. The molecule has 2 N–H and O–H groups in total. The standard InChI is InChI=1S/C74H79N4OP/c1-69(2,3)45-31-42(32-46(37-45)70(4,5)6)63-55-27-29-57(75-55)64(43-33-47(71(7,8)9)38-48(34-43)72(10,11)12)59-40-53-51-23-19-21-25-61(51)80(79)62-26-22-20-24-52(62)54-41-60(78-67(54)68(80)66(53)77-59)65(58-30-28-56(63)76-58)44-35-49(73(13,14)15)39-50(36-44)74(16,17)18/h19-41,75,78H,1-18H3. The maximum atomic E-state index is 17.2. The van der Waals surface area contributed by atoms with Crippen molar-refractivity contribution in [2.75, 3.05) is 0 Å². The van der Waals surface area contributed by atoms with Crippen molar-refractivity contribution in [3.05, 3.63) is 183 Å². The second-order valence-corrected chi connectivity index (χ2v) is 32.0. The van der Waals surface area contributed by atoms with Crippen LogP contribution in [0, 0.1) is 0 Å². The van der Waals surface area contributed by atoms with Crippen LogP contribution in [-0.2, 0) is 37.1 Å². The van der Waals surface area contributed by atoms with Gasteiger partial charge < -0.3 is 14.5 Å². The van der Waals surface area contributed by atoms with Crippen molar-refractivity contribution < 1.29 is 4.57 Å². The number of rotatable bonds is 3. The van der Waals surface area contributed by atoms with Gasteiger partial charge in [0.05, 0.1) is 33.6 Å². The SMILES string of the molecule is CC(C)(C)c1cc(-c2c3nc(c(-c4cc(C(C)(C)C)cc(C(C)(C)C)c4)c4cc5c([nH]4)c4c6nc(c(-c7cc(C(C)(C)C)cc(C(C)(C)C)c7)c7ccc2[nH]7)C=C6c2ccccc2P4(=O)c2ccccc2-5)C=C3)cc(C(C)(C)C)c1. The number of benzene rings is 5. The molecule has 0 fully saturated rings. The van der Waals surface area contributed by atoms with Gasteiger partial charge in [0.15, 0.2) is 7.14 Å². The number of nitrogens with zero attached hydrogens (tertiary/aromatic N) is 2. The molecule has 4 aliphatic rings. The lowest BCUT2D eigenvalue weighted by Crippen LogP contribution is -2.36. The number of aromatic nitrogens is 4. The van der Waals surface area contributed by atoms with Crippen LogP contribution in [0.4, 0.5) is 0 Å². The average Bonchev–Trinajstić information content (AvgIpc) is 4.37. The fraction of sp³-hybridized carbons (Fsp3) is 0.324. The third kappa shape index (κ3) is 8.77. The Labute approximate surface area is 475 Å². The van der Waals surface area contributed by atoms with Gasteiger partial charge in [-0.3, -0.25) is 0 Å². The predicted molar refractivity (Wildman–Crippen MR) is 344 cm³/mol. The summed E-state index contributed by atoms with van der Waals surface area (Å²) >= 11 is 0. The lowest BCUT2D eigenvalue weighted by molar-refractivity contribution is 0.568. The first kappa shape index (κ1) is 53.6. The van der Waals surface area contributed by atoms with E-state index >= 15 is 4.57 Å². The zero-order chi connectivity index (χ0) is 57.2. The number of hydrogen-bond acceptors (Lipinski definition) is 3. The van der Waals surface area contributed by atoms with Crippen LogP contribution in [-0.4, -0.2) is 19.9 Å². The van der Waals surface area contributed by atoms with Crippen LogP contribution in [0.25, 0.3) is 90.4 Å². The highest BCUT2D eigenvalue weighted by Gasteiger charge is 2.47. The van der Waals surface area contributed by atoms with Gasteiger partial charge >= 0.3 is 0 Å². The largest absolute Gasteiger partial charge is 0.354 e. The molecule has 5 aromatic carbocycles. The number of H-pyrrole nitrogens is 2. The van der Waals surface area contributed by atoms with Gasteiger partial charge in [-0.2, -0.15) is 0 Å². The van der Waals surface area contributed by atoms with Crippen LogP contribution in [0.1, 0.15) is 186 Å². The summed E-state index contributed by atoms with van der Waals surface area (Å²) in [6.45, 7) is 41.5. The molecule has 8 aromatic rings. The first-order chi connectivity index (χ1) is 37.3. The number of nitrogens with one attached hydrogen (secondary N) is 2. The third-order valence-corrected chi connectivity index (χ3v) is 20.4. The second kappa shape index (κ2) is 17.7. The van der Waals surface area contributed by atoms with Crippen molar-refractivity contribution in [3.63, 3.8) is 0 Å². The first-order valence-electron chi connectivity index (χ1n) is 28.8. The van der Waals surface area contributed by atoms with E-state index in [9.17, 15) is 0 Å². The zero-order valence-electron chi connectivity index (χ0n) is 50.5. The fourth-order valence-electron chi connectivity index (χ4n) is 12.2. The van der Waals surface area contributed by atoms with Crippen molar-refractivity contribution in [3.8, 4) is 44.5 Å². The van der Waals surface area contributed by atoms with E-state index < -0.39 is 7.14 Å². The van der Waals surface area contributed by atoms with Gasteiger partial charge in [-0.25, -0.2) is 9.97 Å². The third-order valence-electron chi connectivity index (χ3n) is 17.2. The highest BCUT2D eigenvalue weighted by atomic mass is 31.2. The Hall–Kier alpha value is -7.07. The topological polar surface area (TPSA) is 74.4 Å². The lowest BCUT2D eigenvalue weighted by Gasteiger charge is -2.32. The van der Waals surface area contributed by atoms with Gasteiger partial charge in [0.1, 0.15) is 0 Å². The zero-order valence-corrected chi connectivity index (χ0v) is 51.4. The second-order valence-electron chi connectivity index (χ2n) is 29.4. The van der Waals surface area contributed by atoms with E-state index in [0.29, 0.717) is 0 Å². The molecular formula is C74H79N4OP. The summed E-state index contributed by atoms with van der Waals surface area (Å²) in [6.07, 6.45) is 6.73. The highest BCUT2D eigenvalue weighted by Crippen LogP contribution is 2.57. The van der Waals surface area contributed by atoms with Gasteiger partial charge in [0.25, 0.3) is 0 Å². The maximum absolute atomic E-state index is 17.2. The van der Waals surface area contributed by atoms with Crippen molar-refractivity contribution in [1.29, 1.82) is 0 Å². The molecule has 80 heavy (non-hydrogen) atoms. The normalized spacial score (nSPS) is 16.0. The quantitative estimate of drug-likeness (QED) is 0.173. The van der Waals surface area contributed by atoms with Crippen molar-refractivity contribution in [1.82, 2.24) is 19.9 Å². The highest BCUT2D eigenvalue weighted by molar-refractivity contribution is 7.86. The van der Waals surface area contributed by atoms with E-state index in [4.69, 9.17) is 9.97 Å². The van der Waals surface area contributed by atoms with Crippen LogP contribution in [0.3, 0.4) is 0 Å². The minimum atomic E-state index is -3.58. The summed E-state index contributed by atoms with van der Waals surface area (Å²) in [5, 5.41) is 2.44. The summed E-state index contributed by atoms with van der Waals surface area (Å²) in [4.78, 5) is 20.0. The monoisotopic (exact) mass is 1070 g/mol. The Morgan fingerprint density at radius 3 is 1.18 bits per heavy atom. The molecule has 5 nitrogen and oxygen atoms in total. The smallest absolute Gasteiger partial charge is 0.176 e.